The maximum Gasteiger partial charge on any atom is 0.338 e. The second-order valence-electron chi connectivity index (χ2n) is 10.8. The van der Waals surface area contributed by atoms with Gasteiger partial charge in [0.25, 0.3) is 11.8 Å². The van der Waals surface area contributed by atoms with Gasteiger partial charge in [-0.15, -0.1) is 0 Å². The number of nitrogens with zero attached hydrogens (tertiary/aromatic N) is 2. The molecule has 0 saturated carbocycles. The van der Waals surface area contributed by atoms with Crippen LogP contribution in [-0.4, -0.2) is 63.7 Å². The molecule has 2 heterocycles. The summed E-state index contributed by atoms with van der Waals surface area (Å²) in [5, 5.41) is 11.5. The van der Waals surface area contributed by atoms with Gasteiger partial charge in [0.1, 0.15) is 10.9 Å². The number of aliphatic carboxylic acids is 1. The number of fused-ring (bicyclic) bond motifs is 1. The van der Waals surface area contributed by atoms with Crippen LogP contribution in [0.15, 0.2) is 53.4 Å². The quantitative estimate of drug-likeness (QED) is 0.0968. The molecule has 0 atom stereocenters. The molecule has 2 aromatic carbocycles. The van der Waals surface area contributed by atoms with E-state index in [1.807, 2.05) is 0 Å². The molecule has 0 spiro atoms. The molecule has 2 aliphatic heterocycles. The summed E-state index contributed by atoms with van der Waals surface area (Å²) < 4.78 is 5.39. The minimum absolute atomic E-state index is 0.223. The molecule has 0 bridgehead atoms. The van der Waals surface area contributed by atoms with Crippen molar-refractivity contribution in [1.82, 2.24) is 4.90 Å². The van der Waals surface area contributed by atoms with Crippen molar-refractivity contribution in [3.63, 3.8) is 0 Å². The van der Waals surface area contributed by atoms with Crippen LogP contribution in [0, 0.1) is 0 Å². The van der Waals surface area contributed by atoms with E-state index in [-0.39, 0.29) is 36.0 Å². The first-order valence-electron chi connectivity index (χ1n) is 15.2. The fourth-order valence-corrected chi connectivity index (χ4v) is 6.63. The van der Waals surface area contributed by atoms with Crippen molar-refractivity contribution < 1.29 is 33.8 Å². The van der Waals surface area contributed by atoms with E-state index in [4.69, 9.17) is 22.1 Å². The van der Waals surface area contributed by atoms with Crippen LogP contribution in [0.1, 0.15) is 80.6 Å². The number of benzene rings is 2. The first-order valence-corrected chi connectivity index (χ1v) is 16.4. The lowest BCUT2D eigenvalue weighted by Crippen LogP contribution is -2.35. The molecule has 2 aliphatic rings. The minimum Gasteiger partial charge on any atom is -0.481 e. The molecule has 1 saturated heterocycles. The Bertz CT molecular complexity index is 1490. The van der Waals surface area contributed by atoms with Crippen LogP contribution in [0.3, 0.4) is 0 Å². The number of carboxylic acids is 1. The fourth-order valence-electron chi connectivity index (χ4n) is 5.25. The minimum atomic E-state index is -0.750. The highest BCUT2D eigenvalue weighted by molar-refractivity contribution is 8.26. The number of nitrogens with one attached hydrogen (secondary N) is 1. The monoisotopic (exact) mass is 651 g/mol. The van der Waals surface area contributed by atoms with Crippen molar-refractivity contribution in [2.24, 2.45) is 0 Å². The third-order valence-corrected chi connectivity index (χ3v) is 8.95. The van der Waals surface area contributed by atoms with Crippen molar-refractivity contribution in [3.05, 3.63) is 64.6 Å². The number of carboxylic acid groups (broad SMARTS) is 1. The zero-order valence-corrected chi connectivity index (χ0v) is 26.8. The van der Waals surface area contributed by atoms with Gasteiger partial charge >= 0.3 is 11.9 Å². The number of para-hydroxylation sites is 1. The van der Waals surface area contributed by atoms with Crippen molar-refractivity contribution >= 4 is 74.9 Å². The summed E-state index contributed by atoms with van der Waals surface area (Å²) >= 11 is 6.65. The van der Waals surface area contributed by atoms with E-state index in [9.17, 15) is 24.0 Å². The average molecular weight is 652 g/mol. The maximum atomic E-state index is 13.7. The summed E-state index contributed by atoms with van der Waals surface area (Å²) in [4.78, 5) is 65.9. The van der Waals surface area contributed by atoms with Gasteiger partial charge in [-0.25, -0.2) is 4.79 Å². The molecule has 0 aliphatic carbocycles. The predicted octanol–water partition coefficient (Wildman–Crippen LogP) is 6.02. The molecule has 10 nitrogen and oxygen atoms in total. The molecule has 12 heteroatoms. The molecule has 2 aromatic rings. The fraction of sp³-hybridized carbons (Fsp3) is 0.394. The Labute approximate surface area is 272 Å². The summed E-state index contributed by atoms with van der Waals surface area (Å²) in [6, 6.07) is 13.4. The van der Waals surface area contributed by atoms with E-state index in [1.54, 1.807) is 60.4 Å². The summed E-state index contributed by atoms with van der Waals surface area (Å²) in [5.74, 6) is -2.37. The Balaban J connectivity index is 1.34. The number of hydrogen-bond donors (Lipinski definition) is 2. The first-order chi connectivity index (χ1) is 21.7. The normalized spacial score (nSPS) is 15.9. The van der Waals surface area contributed by atoms with Crippen LogP contribution >= 0.6 is 24.0 Å². The molecular formula is C33H37N3O7S2. The lowest BCUT2D eigenvalue weighted by molar-refractivity contribution is -0.137. The summed E-state index contributed by atoms with van der Waals surface area (Å²) in [5.41, 5.74) is 2.20. The van der Waals surface area contributed by atoms with Crippen molar-refractivity contribution in [2.45, 2.75) is 64.7 Å². The van der Waals surface area contributed by atoms with Gasteiger partial charge in [0.2, 0.25) is 5.91 Å². The number of anilines is 2. The summed E-state index contributed by atoms with van der Waals surface area (Å²) in [6.45, 7) is 2.19. The lowest BCUT2D eigenvalue weighted by Gasteiger charge is -2.17. The molecule has 0 aromatic heterocycles. The number of unbranched alkanes of at least 4 members (excludes halogenated alkanes) is 7. The van der Waals surface area contributed by atoms with E-state index >= 15 is 0 Å². The van der Waals surface area contributed by atoms with Crippen molar-refractivity contribution in [3.8, 4) is 0 Å². The number of rotatable bonds is 16. The topological polar surface area (TPSA) is 133 Å². The number of ether oxygens (including phenoxy) is 1. The average Bonchev–Trinajstić information content (AvgIpc) is 3.44. The maximum absolute atomic E-state index is 13.7. The predicted molar refractivity (Wildman–Crippen MR) is 178 cm³/mol. The Morgan fingerprint density at radius 2 is 1.51 bits per heavy atom. The first kappa shape index (κ1) is 33.9. The van der Waals surface area contributed by atoms with Crippen molar-refractivity contribution in [1.29, 1.82) is 0 Å². The zero-order chi connectivity index (χ0) is 32.3. The molecule has 0 radical (unpaired) electrons. The Morgan fingerprint density at radius 1 is 0.867 bits per heavy atom. The molecule has 3 amide bonds. The third kappa shape index (κ3) is 8.79. The molecule has 2 N–H and O–H groups in total. The van der Waals surface area contributed by atoms with E-state index < -0.39 is 23.8 Å². The second-order valence-corrected chi connectivity index (χ2v) is 12.4. The van der Waals surface area contributed by atoms with Gasteiger partial charge < -0.3 is 15.2 Å². The molecule has 0 unspecified atom stereocenters. The van der Waals surface area contributed by atoms with E-state index in [0.29, 0.717) is 39.8 Å². The van der Waals surface area contributed by atoms with Crippen molar-refractivity contribution in [2.75, 3.05) is 29.9 Å². The molecule has 238 valence electrons. The molecule has 45 heavy (non-hydrogen) atoms. The lowest BCUT2D eigenvalue weighted by atomic mass is 10.1. The summed E-state index contributed by atoms with van der Waals surface area (Å²) in [6.07, 6.45) is 7.74. The highest BCUT2D eigenvalue weighted by atomic mass is 32.2. The van der Waals surface area contributed by atoms with Crippen LogP contribution in [-0.2, 0) is 23.9 Å². The van der Waals surface area contributed by atoms with Gasteiger partial charge in [0, 0.05) is 24.2 Å². The molecular weight excluding hydrogens is 615 g/mol. The highest BCUT2D eigenvalue weighted by Crippen LogP contribution is 2.44. The van der Waals surface area contributed by atoms with Gasteiger partial charge in [-0.1, -0.05) is 80.7 Å². The third-order valence-electron chi connectivity index (χ3n) is 7.50. The number of carbonyl (C=O) groups is 5. The van der Waals surface area contributed by atoms with Gasteiger partial charge in [-0.05, 0) is 50.1 Å². The van der Waals surface area contributed by atoms with Gasteiger partial charge in [-0.3, -0.25) is 29.0 Å². The smallest absolute Gasteiger partial charge is 0.338 e. The number of esters is 1. The van der Waals surface area contributed by atoms with E-state index in [1.165, 1.54) is 4.90 Å². The van der Waals surface area contributed by atoms with Gasteiger partial charge in [0.05, 0.1) is 28.3 Å². The van der Waals surface area contributed by atoms with E-state index in [0.717, 1.165) is 56.7 Å². The van der Waals surface area contributed by atoms with Crippen LogP contribution < -0.4 is 10.2 Å². The second kappa shape index (κ2) is 16.3. The number of thiocarbonyl (C=S) groups is 1. The summed E-state index contributed by atoms with van der Waals surface area (Å²) in [7, 11) is 0. The standard InChI is InChI=1S/C33H37N3O7S2/c1-2-43-32(42)22-16-18-23(19-17-22)34-26(37)21-36-25-14-11-10-13-24(25)28(30(36)40)29-31(41)35(33(44)45-29)20-12-8-6-4-3-5-7-9-15-27(38)39/h10-11,13-14,16-19H,2-9,12,15,20-21H2,1H3,(H,34,37)(H,38,39)/b29-28-. The highest BCUT2D eigenvalue weighted by Gasteiger charge is 2.42. The Hall–Kier alpha value is -4.03. The van der Waals surface area contributed by atoms with Crippen LogP contribution in [0.5, 0.6) is 0 Å². The van der Waals surface area contributed by atoms with Crippen LogP contribution in [0.2, 0.25) is 0 Å². The van der Waals surface area contributed by atoms with E-state index in [2.05, 4.69) is 5.32 Å². The molecule has 4 rings (SSSR count). The number of amides is 3. The number of thioether (sulfide) groups is 1. The largest absolute Gasteiger partial charge is 0.481 e. The van der Waals surface area contributed by atoms with Crippen LogP contribution in [0.4, 0.5) is 11.4 Å². The SMILES string of the molecule is CCOC(=O)c1ccc(NC(=O)CN2C(=O)/C(=C3\SC(=S)N(CCCCCCCCCCC(=O)O)C3=O)c3ccccc32)cc1. The van der Waals surface area contributed by atoms with Gasteiger partial charge in [0.15, 0.2) is 0 Å². The Kier molecular flexibility index (Phi) is 12.3. The zero-order valence-electron chi connectivity index (χ0n) is 25.2. The van der Waals surface area contributed by atoms with Gasteiger partial charge in [-0.2, -0.15) is 0 Å². The molecule has 1 fully saturated rings. The number of hydrogen-bond acceptors (Lipinski definition) is 8. The Morgan fingerprint density at radius 3 is 2.18 bits per heavy atom. The number of carbonyl (C=O) groups excluding carboxylic acids is 4. The van der Waals surface area contributed by atoms with Crippen LogP contribution in [0.25, 0.3) is 5.57 Å².